The smallest absolute Gasteiger partial charge is 0.266 e. The van der Waals surface area contributed by atoms with Crippen LogP contribution in [0.3, 0.4) is 0 Å². The highest BCUT2D eigenvalue weighted by atomic mass is 35.5. The Morgan fingerprint density at radius 3 is 2.71 bits per heavy atom. The average Bonchev–Trinajstić information content (AvgIpc) is 2.45. The topological polar surface area (TPSA) is 53.1 Å². The molecule has 0 saturated heterocycles. The summed E-state index contributed by atoms with van der Waals surface area (Å²) in [5.74, 6) is -0.0151. The van der Waals surface area contributed by atoms with E-state index < -0.39 is 0 Å². The van der Waals surface area contributed by atoms with E-state index >= 15 is 0 Å². The third-order valence-electron chi connectivity index (χ3n) is 3.21. The van der Waals surface area contributed by atoms with Crippen LogP contribution in [0.15, 0.2) is 57.1 Å². The highest BCUT2D eigenvalue weighted by Gasteiger charge is 2.14. The molecule has 1 heterocycles. The minimum Gasteiger partial charge on any atom is -0.506 e. The third-order valence-corrected chi connectivity index (χ3v) is 4.71. The number of nitrogens with one attached hydrogen (secondary N) is 1. The van der Waals surface area contributed by atoms with E-state index in [2.05, 4.69) is 4.98 Å². The molecule has 0 radical (unpaired) electrons. The molecule has 1 aromatic heterocycles. The van der Waals surface area contributed by atoms with Crippen LogP contribution in [0.25, 0.3) is 10.9 Å². The van der Waals surface area contributed by atoms with Gasteiger partial charge in [-0.3, -0.25) is 4.79 Å². The first-order chi connectivity index (χ1) is 10.1. The summed E-state index contributed by atoms with van der Waals surface area (Å²) >= 11 is 7.16. The molecule has 0 amide bonds. The predicted octanol–water partition coefficient (Wildman–Crippen LogP) is 4.35. The Balaban J connectivity index is 2.17. The van der Waals surface area contributed by atoms with Crippen LogP contribution >= 0.6 is 23.4 Å². The van der Waals surface area contributed by atoms with Crippen molar-refractivity contribution >= 4 is 34.3 Å². The molecule has 3 rings (SSSR count). The molecule has 2 N–H and O–H groups in total. The maximum atomic E-state index is 12.2. The van der Waals surface area contributed by atoms with Crippen molar-refractivity contribution in [1.82, 2.24) is 4.98 Å². The molecule has 0 saturated carbocycles. The summed E-state index contributed by atoms with van der Waals surface area (Å²) in [6.45, 7) is 1.97. The lowest BCUT2D eigenvalue weighted by Crippen LogP contribution is -2.08. The van der Waals surface area contributed by atoms with Gasteiger partial charge >= 0.3 is 0 Å². The zero-order chi connectivity index (χ0) is 15.0. The van der Waals surface area contributed by atoms with E-state index in [0.29, 0.717) is 20.8 Å². The molecule has 3 aromatic rings. The van der Waals surface area contributed by atoms with Crippen LogP contribution in [-0.2, 0) is 0 Å². The summed E-state index contributed by atoms with van der Waals surface area (Å²) < 4.78 is 0. The fourth-order valence-electron chi connectivity index (χ4n) is 2.11. The Morgan fingerprint density at radius 1 is 1.19 bits per heavy atom. The van der Waals surface area contributed by atoms with Gasteiger partial charge in [0.25, 0.3) is 5.56 Å². The molecule has 0 aliphatic rings. The van der Waals surface area contributed by atoms with Crippen molar-refractivity contribution in [2.75, 3.05) is 0 Å². The van der Waals surface area contributed by atoms with Crippen molar-refractivity contribution < 1.29 is 5.11 Å². The Labute approximate surface area is 130 Å². The lowest BCUT2D eigenvalue weighted by atomic mass is 10.2. The molecule has 0 aliphatic carbocycles. The Morgan fingerprint density at radius 2 is 1.95 bits per heavy atom. The van der Waals surface area contributed by atoms with Crippen LogP contribution in [0.2, 0.25) is 5.02 Å². The number of pyridine rings is 1. The number of benzene rings is 2. The van der Waals surface area contributed by atoms with Gasteiger partial charge in [0.05, 0.1) is 5.52 Å². The number of halogens is 1. The largest absolute Gasteiger partial charge is 0.506 e. The zero-order valence-corrected chi connectivity index (χ0v) is 12.8. The molecule has 0 fully saturated rings. The highest BCUT2D eigenvalue weighted by Crippen LogP contribution is 2.37. The number of aromatic nitrogens is 1. The van der Waals surface area contributed by atoms with Gasteiger partial charge in [-0.25, -0.2) is 0 Å². The molecule has 106 valence electrons. The van der Waals surface area contributed by atoms with Gasteiger partial charge in [-0.2, -0.15) is 0 Å². The molecule has 0 spiro atoms. The lowest BCUT2D eigenvalue weighted by Gasteiger charge is -2.09. The van der Waals surface area contributed by atoms with Gasteiger partial charge in [-0.05, 0) is 36.8 Å². The maximum Gasteiger partial charge on any atom is 0.266 e. The van der Waals surface area contributed by atoms with Crippen LogP contribution in [-0.4, -0.2) is 10.1 Å². The van der Waals surface area contributed by atoms with Gasteiger partial charge in [0, 0.05) is 15.3 Å². The normalized spacial score (nSPS) is 11.0. The zero-order valence-electron chi connectivity index (χ0n) is 11.2. The molecule has 0 aliphatic heterocycles. The van der Waals surface area contributed by atoms with Gasteiger partial charge in [-0.15, -0.1) is 0 Å². The number of rotatable bonds is 2. The molecular weight excluding hydrogens is 306 g/mol. The number of aromatic hydroxyl groups is 1. The number of aromatic amines is 1. The lowest BCUT2D eigenvalue weighted by molar-refractivity contribution is 0.467. The molecule has 2 aromatic carbocycles. The summed E-state index contributed by atoms with van der Waals surface area (Å²) in [7, 11) is 0. The van der Waals surface area contributed by atoms with Crippen molar-refractivity contribution in [3.63, 3.8) is 0 Å². The first kappa shape index (κ1) is 14.0. The predicted molar refractivity (Wildman–Crippen MR) is 86.5 cm³/mol. The first-order valence-electron chi connectivity index (χ1n) is 6.34. The van der Waals surface area contributed by atoms with E-state index in [1.807, 2.05) is 31.2 Å². The molecule has 0 atom stereocenters. The summed E-state index contributed by atoms with van der Waals surface area (Å²) in [5.41, 5.74) is 1.26. The van der Waals surface area contributed by atoms with Gasteiger partial charge in [0.2, 0.25) is 0 Å². The number of aryl methyl sites for hydroxylation is 1. The Bertz CT molecular complexity index is 889. The van der Waals surface area contributed by atoms with Crippen LogP contribution in [0.1, 0.15) is 5.56 Å². The number of hydrogen-bond acceptors (Lipinski definition) is 3. The van der Waals surface area contributed by atoms with Gasteiger partial charge < -0.3 is 10.1 Å². The van der Waals surface area contributed by atoms with Crippen molar-refractivity contribution in [3.05, 3.63) is 63.4 Å². The van der Waals surface area contributed by atoms with E-state index in [4.69, 9.17) is 11.6 Å². The van der Waals surface area contributed by atoms with Crippen LogP contribution in [0, 0.1) is 6.92 Å². The standard InChI is InChI=1S/C16H12ClNO2S/c1-9-4-2-3-5-13(9)21-15-14(19)11-7-6-10(17)8-12(11)18-16(15)20/h2-8H,1H3,(H2,18,19,20). The third kappa shape index (κ3) is 2.64. The van der Waals surface area contributed by atoms with Crippen molar-refractivity contribution in [1.29, 1.82) is 0 Å². The highest BCUT2D eigenvalue weighted by molar-refractivity contribution is 7.99. The Hall–Kier alpha value is -1.91. The van der Waals surface area contributed by atoms with Gasteiger partial charge in [0.15, 0.2) is 0 Å². The number of H-pyrrole nitrogens is 1. The van der Waals surface area contributed by atoms with E-state index in [1.165, 1.54) is 11.8 Å². The summed E-state index contributed by atoms with van der Waals surface area (Å²) in [5, 5.41) is 11.5. The molecule has 5 heteroatoms. The number of hydrogen-bond donors (Lipinski definition) is 2. The van der Waals surface area contributed by atoms with Gasteiger partial charge in [0.1, 0.15) is 10.6 Å². The fraction of sp³-hybridized carbons (Fsp3) is 0.0625. The number of fused-ring (bicyclic) bond motifs is 1. The molecule has 0 bridgehead atoms. The van der Waals surface area contributed by atoms with Crippen LogP contribution in [0.4, 0.5) is 0 Å². The Kier molecular flexibility index (Phi) is 3.66. The van der Waals surface area contributed by atoms with Gasteiger partial charge in [-0.1, -0.05) is 41.6 Å². The first-order valence-corrected chi connectivity index (χ1v) is 7.53. The minimum absolute atomic E-state index is 0.0151. The molecule has 21 heavy (non-hydrogen) atoms. The van der Waals surface area contributed by atoms with E-state index in [9.17, 15) is 9.90 Å². The van der Waals surface area contributed by atoms with Crippen molar-refractivity contribution in [2.24, 2.45) is 0 Å². The van der Waals surface area contributed by atoms with Crippen LogP contribution in [0.5, 0.6) is 5.75 Å². The molecular formula is C16H12ClNO2S. The second kappa shape index (κ2) is 5.47. The second-order valence-electron chi connectivity index (χ2n) is 4.69. The van der Waals surface area contributed by atoms with Crippen molar-refractivity contribution in [2.45, 2.75) is 16.7 Å². The molecule has 0 unspecified atom stereocenters. The monoisotopic (exact) mass is 317 g/mol. The maximum absolute atomic E-state index is 12.2. The SMILES string of the molecule is Cc1ccccc1Sc1c(O)c2ccc(Cl)cc2[nH]c1=O. The van der Waals surface area contributed by atoms with E-state index in [1.54, 1.807) is 18.2 Å². The summed E-state index contributed by atoms with van der Waals surface area (Å²) in [6.07, 6.45) is 0. The minimum atomic E-state index is -0.324. The van der Waals surface area contributed by atoms with Crippen molar-refractivity contribution in [3.8, 4) is 5.75 Å². The van der Waals surface area contributed by atoms with E-state index in [0.717, 1.165) is 10.5 Å². The molecule has 3 nitrogen and oxygen atoms in total. The van der Waals surface area contributed by atoms with E-state index in [-0.39, 0.29) is 11.3 Å². The second-order valence-corrected chi connectivity index (χ2v) is 6.18. The quantitative estimate of drug-likeness (QED) is 0.739. The van der Waals surface area contributed by atoms with Crippen LogP contribution < -0.4 is 5.56 Å². The summed E-state index contributed by atoms with van der Waals surface area (Å²) in [6, 6.07) is 12.7. The summed E-state index contributed by atoms with van der Waals surface area (Å²) in [4.78, 5) is 16.2. The average molecular weight is 318 g/mol. The fourth-order valence-corrected chi connectivity index (χ4v) is 3.23.